The molecule has 2 rings (SSSR count). The molecule has 0 aliphatic carbocycles. The summed E-state index contributed by atoms with van der Waals surface area (Å²) >= 11 is 0. The highest BCUT2D eigenvalue weighted by molar-refractivity contribution is 4.95. The maximum atomic E-state index is 12.8. The number of rotatable bonds is 3. The molecule has 1 N–H and O–H groups in total. The zero-order valence-corrected chi connectivity index (χ0v) is 11.0. The molecule has 2 aliphatic heterocycles. The van der Waals surface area contributed by atoms with Crippen LogP contribution in [0.1, 0.15) is 39.0 Å². The Balaban J connectivity index is 1.93. The fourth-order valence-corrected chi connectivity index (χ4v) is 3.31. The van der Waals surface area contributed by atoms with Gasteiger partial charge in [-0.2, -0.15) is 13.2 Å². The first-order valence-electron chi connectivity index (χ1n) is 6.99. The van der Waals surface area contributed by atoms with Crippen molar-refractivity contribution in [1.82, 2.24) is 10.2 Å². The van der Waals surface area contributed by atoms with Gasteiger partial charge < -0.3 is 10.2 Å². The maximum absolute atomic E-state index is 12.8. The predicted octanol–water partition coefficient (Wildman–Crippen LogP) is 2.79. The summed E-state index contributed by atoms with van der Waals surface area (Å²) in [5.41, 5.74) is 0.0630. The Morgan fingerprint density at radius 3 is 2.67 bits per heavy atom. The van der Waals surface area contributed by atoms with Crippen molar-refractivity contribution in [3.8, 4) is 0 Å². The standard InChI is InChI=1S/C13H23F3N2/c1-2-12(6-4-7-17-12)10-18-8-3-5-11(9-18)13(14,15)16/h11,17H,2-10H2,1H3. The monoisotopic (exact) mass is 264 g/mol. The van der Waals surface area contributed by atoms with Crippen molar-refractivity contribution in [3.63, 3.8) is 0 Å². The fourth-order valence-electron chi connectivity index (χ4n) is 3.31. The third-order valence-electron chi connectivity index (χ3n) is 4.50. The number of likely N-dealkylation sites (tertiary alicyclic amines) is 1. The van der Waals surface area contributed by atoms with E-state index in [2.05, 4.69) is 12.2 Å². The molecule has 2 heterocycles. The third kappa shape index (κ3) is 3.18. The average molecular weight is 264 g/mol. The quantitative estimate of drug-likeness (QED) is 0.843. The van der Waals surface area contributed by atoms with Crippen LogP contribution in [0.25, 0.3) is 0 Å². The van der Waals surface area contributed by atoms with Crippen molar-refractivity contribution in [2.24, 2.45) is 5.92 Å². The second-order valence-corrected chi connectivity index (χ2v) is 5.78. The zero-order chi connectivity index (χ0) is 13.2. The lowest BCUT2D eigenvalue weighted by atomic mass is 9.90. The Bertz CT molecular complexity index is 272. The van der Waals surface area contributed by atoms with E-state index in [0.29, 0.717) is 12.8 Å². The molecule has 2 unspecified atom stereocenters. The van der Waals surface area contributed by atoms with Crippen molar-refractivity contribution in [2.75, 3.05) is 26.2 Å². The fraction of sp³-hybridized carbons (Fsp3) is 1.00. The summed E-state index contributed by atoms with van der Waals surface area (Å²) in [6.45, 7) is 4.91. The summed E-state index contributed by atoms with van der Waals surface area (Å²) in [4.78, 5) is 2.02. The minimum absolute atomic E-state index is 0.0630. The van der Waals surface area contributed by atoms with Gasteiger partial charge in [-0.3, -0.25) is 0 Å². The Morgan fingerprint density at radius 1 is 1.33 bits per heavy atom. The lowest BCUT2D eigenvalue weighted by molar-refractivity contribution is -0.187. The largest absolute Gasteiger partial charge is 0.393 e. The second kappa shape index (κ2) is 5.37. The summed E-state index contributed by atoms with van der Waals surface area (Å²) in [6.07, 6.45) is 0.179. The van der Waals surface area contributed by atoms with Gasteiger partial charge in [0.1, 0.15) is 0 Å². The first kappa shape index (κ1) is 14.1. The number of hydrogen-bond donors (Lipinski definition) is 1. The normalized spacial score (nSPS) is 35.0. The minimum Gasteiger partial charge on any atom is -0.310 e. The van der Waals surface area contributed by atoms with Crippen LogP contribution in [0.5, 0.6) is 0 Å². The van der Waals surface area contributed by atoms with Gasteiger partial charge in [-0.1, -0.05) is 6.92 Å². The molecule has 0 radical (unpaired) electrons. The number of piperidine rings is 1. The van der Waals surface area contributed by atoms with E-state index in [4.69, 9.17) is 0 Å². The first-order valence-corrected chi connectivity index (χ1v) is 6.99. The van der Waals surface area contributed by atoms with E-state index in [1.54, 1.807) is 0 Å². The van der Waals surface area contributed by atoms with Crippen LogP contribution in [-0.4, -0.2) is 42.8 Å². The van der Waals surface area contributed by atoms with Crippen LogP contribution < -0.4 is 5.32 Å². The zero-order valence-electron chi connectivity index (χ0n) is 11.0. The number of halogens is 3. The predicted molar refractivity (Wildman–Crippen MR) is 65.5 cm³/mol. The molecule has 106 valence electrons. The number of hydrogen-bond acceptors (Lipinski definition) is 2. The molecule has 0 spiro atoms. The van der Waals surface area contributed by atoms with Gasteiger partial charge in [0, 0.05) is 18.6 Å². The van der Waals surface area contributed by atoms with E-state index in [0.717, 1.165) is 38.9 Å². The topological polar surface area (TPSA) is 15.3 Å². The summed E-state index contributed by atoms with van der Waals surface area (Å²) < 4.78 is 38.3. The van der Waals surface area contributed by atoms with Gasteiger partial charge in [0.2, 0.25) is 0 Å². The molecule has 2 saturated heterocycles. The van der Waals surface area contributed by atoms with E-state index in [9.17, 15) is 13.2 Å². The number of alkyl halides is 3. The molecule has 0 saturated carbocycles. The molecular formula is C13H23F3N2. The van der Waals surface area contributed by atoms with Gasteiger partial charge >= 0.3 is 6.18 Å². The molecular weight excluding hydrogens is 241 g/mol. The van der Waals surface area contributed by atoms with Gasteiger partial charge in [0.25, 0.3) is 0 Å². The molecule has 0 bridgehead atoms. The second-order valence-electron chi connectivity index (χ2n) is 5.78. The van der Waals surface area contributed by atoms with Crippen molar-refractivity contribution in [2.45, 2.75) is 50.7 Å². The Labute approximate surface area is 107 Å². The van der Waals surface area contributed by atoms with E-state index >= 15 is 0 Å². The summed E-state index contributed by atoms with van der Waals surface area (Å²) in [5, 5.41) is 3.50. The number of nitrogens with one attached hydrogen (secondary N) is 1. The van der Waals surface area contributed by atoms with Crippen molar-refractivity contribution < 1.29 is 13.2 Å². The highest BCUT2D eigenvalue weighted by Crippen LogP contribution is 2.34. The minimum atomic E-state index is -4.03. The van der Waals surface area contributed by atoms with Gasteiger partial charge in [0.15, 0.2) is 0 Å². The molecule has 2 aliphatic rings. The molecule has 5 heteroatoms. The van der Waals surface area contributed by atoms with Crippen LogP contribution in [-0.2, 0) is 0 Å². The lowest BCUT2D eigenvalue weighted by Gasteiger charge is -2.39. The van der Waals surface area contributed by atoms with Crippen molar-refractivity contribution >= 4 is 0 Å². The maximum Gasteiger partial charge on any atom is 0.393 e. The molecule has 0 aromatic heterocycles. The van der Waals surface area contributed by atoms with Crippen LogP contribution in [0, 0.1) is 5.92 Å². The highest BCUT2D eigenvalue weighted by atomic mass is 19.4. The number of nitrogens with zero attached hydrogens (tertiary/aromatic N) is 1. The van der Waals surface area contributed by atoms with Gasteiger partial charge in [-0.05, 0) is 45.2 Å². The van der Waals surface area contributed by atoms with E-state index < -0.39 is 12.1 Å². The Hall–Kier alpha value is -0.290. The van der Waals surface area contributed by atoms with Crippen LogP contribution in [0.3, 0.4) is 0 Å². The van der Waals surface area contributed by atoms with Crippen LogP contribution >= 0.6 is 0 Å². The molecule has 18 heavy (non-hydrogen) atoms. The highest BCUT2D eigenvalue weighted by Gasteiger charge is 2.43. The molecule has 0 aromatic rings. The lowest BCUT2D eigenvalue weighted by Crippen LogP contribution is -2.53. The molecule has 0 aromatic carbocycles. The van der Waals surface area contributed by atoms with Gasteiger partial charge in [-0.25, -0.2) is 0 Å². The summed E-state index contributed by atoms with van der Waals surface area (Å²) in [6, 6.07) is 0. The van der Waals surface area contributed by atoms with E-state index in [1.807, 2.05) is 4.90 Å². The van der Waals surface area contributed by atoms with Crippen LogP contribution in [0.4, 0.5) is 13.2 Å². The Morgan fingerprint density at radius 2 is 2.11 bits per heavy atom. The van der Waals surface area contributed by atoms with Crippen LogP contribution in [0.15, 0.2) is 0 Å². The third-order valence-corrected chi connectivity index (χ3v) is 4.50. The summed E-state index contributed by atoms with van der Waals surface area (Å²) in [7, 11) is 0. The van der Waals surface area contributed by atoms with Crippen LogP contribution in [0.2, 0.25) is 0 Å². The summed E-state index contributed by atoms with van der Waals surface area (Å²) in [5.74, 6) is -1.12. The Kier molecular flexibility index (Phi) is 4.22. The molecule has 2 fully saturated rings. The van der Waals surface area contributed by atoms with Gasteiger partial charge in [-0.15, -0.1) is 0 Å². The van der Waals surface area contributed by atoms with Gasteiger partial charge in [0.05, 0.1) is 5.92 Å². The first-order chi connectivity index (χ1) is 8.45. The van der Waals surface area contributed by atoms with Crippen molar-refractivity contribution in [1.29, 1.82) is 0 Å². The molecule has 2 nitrogen and oxygen atoms in total. The average Bonchev–Trinajstić information content (AvgIpc) is 2.77. The molecule has 0 amide bonds. The SMILES string of the molecule is CCC1(CN2CCCC(C(F)(F)F)C2)CCCN1. The smallest absolute Gasteiger partial charge is 0.310 e. The van der Waals surface area contributed by atoms with E-state index in [1.165, 1.54) is 0 Å². The van der Waals surface area contributed by atoms with Crippen molar-refractivity contribution in [3.05, 3.63) is 0 Å². The molecule has 2 atom stereocenters. The van der Waals surface area contributed by atoms with E-state index in [-0.39, 0.29) is 12.1 Å².